The zero-order valence-electron chi connectivity index (χ0n) is 11.4. The average molecular weight is 257 g/mol. The summed E-state index contributed by atoms with van der Waals surface area (Å²) in [5, 5.41) is 5.83. The smallest absolute Gasteiger partial charge is 0.168 e. The highest BCUT2D eigenvalue weighted by molar-refractivity contribution is 5.48. The fraction of sp³-hybridized carbons (Fsp3) is 0.615. The summed E-state index contributed by atoms with van der Waals surface area (Å²) in [6.07, 6.45) is 1.66. The normalized spacial score (nSPS) is 11.4. The molecule has 0 bridgehead atoms. The van der Waals surface area contributed by atoms with Crippen LogP contribution in [0.1, 0.15) is 40.5 Å². The second-order valence-electron chi connectivity index (χ2n) is 4.94. The van der Waals surface area contributed by atoms with Gasteiger partial charge in [0.05, 0.1) is 0 Å². The molecule has 1 rings (SSSR count). The van der Waals surface area contributed by atoms with Crippen molar-refractivity contribution in [3.05, 3.63) is 17.7 Å². The van der Waals surface area contributed by atoms with Crippen LogP contribution >= 0.6 is 0 Å². The van der Waals surface area contributed by atoms with Gasteiger partial charge in [-0.05, 0) is 26.7 Å². The number of hydrogen-bond acceptors (Lipinski definition) is 3. The Kier molecular flexibility index (Phi) is 4.87. The lowest BCUT2D eigenvalue weighted by atomic mass is 10.0. The Hall–Kier alpha value is -1.39. The number of pyridine rings is 1. The molecule has 0 unspecified atom stereocenters. The fourth-order valence-corrected chi connectivity index (χ4v) is 1.33. The third kappa shape index (κ3) is 3.82. The zero-order chi connectivity index (χ0) is 13.8. The van der Waals surface area contributed by atoms with Crippen LogP contribution in [0.4, 0.5) is 20.4 Å². The topological polar surface area (TPSA) is 37.0 Å². The maximum absolute atomic E-state index is 13.6. The fourth-order valence-electron chi connectivity index (χ4n) is 1.33. The van der Waals surface area contributed by atoms with E-state index in [4.69, 9.17) is 0 Å². The highest BCUT2D eigenvalue weighted by Crippen LogP contribution is 2.23. The van der Waals surface area contributed by atoms with E-state index in [-0.39, 0.29) is 17.2 Å². The van der Waals surface area contributed by atoms with Crippen molar-refractivity contribution in [2.45, 2.75) is 46.1 Å². The molecule has 1 heterocycles. The number of aromatic nitrogens is 1. The van der Waals surface area contributed by atoms with Crippen molar-refractivity contribution in [2.24, 2.45) is 0 Å². The first-order chi connectivity index (χ1) is 8.39. The molecule has 0 aliphatic rings. The molecular weight excluding hydrogens is 236 g/mol. The quantitative estimate of drug-likeness (QED) is 0.814. The lowest BCUT2D eigenvalue weighted by Crippen LogP contribution is -2.31. The van der Waals surface area contributed by atoms with Crippen molar-refractivity contribution in [2.75, 3.05) is 17.2 Å². The third-order valence-electron chi connectivity index (χ3n) is 2.81. The largest absolute Gasteiger partial charge is 0.368 e. The van der Waals surface area contributed by atoms with Gasteiger partial charge < -0.3 is 10.6 Å². The minimum atomic E-state index is -0.670. The zero-order valence-corrected chi connectivity index (χ0v) is 11.4. The Balaban J connectivity index is 2.97. The van der Waals surface area contributed by atoms with E-state index < -0.39 is 11.6 Å². The summed E-state index contributed by atoms with van der Waals surface area (Å²) in [6, 6.07) is 0.860. The van der Waals surface area contributed by atoms with Gasteiger partial charge in [0, 0.05) is 18.2 Å². The molecule has 102 valence electrons. The van der Waals surface area contributed by atoms with Crippen LogP contribution < -0.4 is 10.6 Å². The van der Waals surface area contributed by atoms with E-state index >= 15 is 0 Å². The first-order valence-corrected chi connectivity index (χ1v) is 6.27. The summed E-state index contributed by atoms with van der Waals surface area (Å²) < 4.78 is 27.1. The van der Waals surface area contributed by atoms with E-state index in [0.29, 0.717) is 6.54 Å². The summed E-state index contributed by atoms with van der Waals surface area (Å²) in [5.41, 5.74) is -0.284. The molecule has 1 aromatic rings. The van der Waals surface area contributed by atoms with Gasteiger partial charge in [-0.1, -0.05) is 13.8 Å². The van der Waals surface area contributed by atoms with Crippen LogP contribution in [0.2, 0.25) is 0 Å². The van der Waals surface area contributed by atoms with E-state index in [0.717, 1.165) is 18.9 Å². The van der Waals surface area contributed by atoms with Crippen LogP contribution in [-0.2, 0) is 0 Å². The van der Waals surface area contributed by atoms with Gasteiger partial charge in [-0.15, -0.1) is 0 Å². The van der Waals surface area contributed by atoms with Crippen LogP contribution in [0.5, 0.6) is 0 Å². The number of halogens is 2. The molecule has 0 radical (unpaired) electrons. The van der Waals surface area contributed by atoms with Crippen molar-refractivity contribution < 1.29 is 8.78 Å². The molecule has 0 fully saturated rings. The van der Waals surface area contributed by atoms with Crippen LogP contribution in [0, 0.1) is 11.6 Å². The van der Waals surface area contributed by atoms with Crippen LogP contribution in [0.15, 0.2) is 6.07 Å². The van der Waals surface area contributed by atoms with Gasteiger partial charge in [-0.2, -0.15) is 0 Å². The van der Waals surface area contributed by atoms with Gasteiger partial charge in [0.1, 0.15) is 0 Å². The van der Waals surface area contributed by atoms with Gasteiger partial charge in [-0.25, -0.2) is 13.8 Å². The number of anilines is 2. The molecule has 18 heavy (non-hydrogen) atoms. The first-order valence-electron chi connectivity index (χ1n) is 6.27. The van der Waals surface area contributed by atoms with E-state index in [1.54, 1.807) is 0 Å². The standard InChI is InChI=1S/C13H21F2N3/c1-5-7-16-11-9(14)8-10(15)12(17-11)18-13(3,4)6-2/h8H,5-7H2,1-4H3,(H2,16,17,18). The summed E-state index contributed by atoms with van der Waals surface area (Å²) in [6.45, 7) is 8.44. The lowest BCUT2D eigenvalue weighted by Gasteiger charge is -2.25. The number of rotatable bonds is 6. The van der Waals surface area contributed by atoms with Crippen molar-refractivity contribution in [3.8, 4) is 0 Å². The second-order valence-corrected chi connectivity index (χ2v) is 4.94. The molecule has 0 aliphatic carbocycles. The van der Waals surface area contributed by atoms with Crippen LogP contribution in [-0.4, -0.2) is 17.1 Å². The third-order valence-corrected chi connectivity index (χ3v) is 2.81. The van der Waals surface area contributed by atoms with Crippen LogP contribution in [0.25, 0.3) is 0 Å². The molecule has 0 aromatic carbocycles. The molecule has 0 saturated carbocycles. The minimum Gasteiger partial charge on any atom is -0.368 e. The van der Waals surface area contributed by atoms with Crippen molar-refractivity contribution in [1.82, 2.24) is 4.98 Å². The number of nitrogens with zero attached hydrogens (tertiary/aromatic N) is 1. The van der Waals surface area contributed by atoms with Crippen LogP contribution in [0.3, 0.4) is 0 Å². The number of nitrogens with one attached hydrogen (secondary N) is 2. The van der Waals surface area contributed by atoms with Crippen molar-refractivity contribution in [1.29, 1.82) is 0 Å². The van der Waals surface area contributed by atoms with Gasteiger partial charge in [0.15, 0.2) is 23.3 Å². The highest BCUT2D eigenvalue weighted by Gasteiger charge is 2.19. The Morgan fingerprint density at radius 2 is 1.78 bits per heavy atom. The molecule has 3 nitrogen and oxygen atoms in total. The van der Waals surface area contributed by atoms with Crippen molar-refractivity contribution in [3.63, 3.8) is 0 Å². The highest BCUT2D eigenvalue weighted by atomic mass is 19.1. The molecule has 0 atom stereocenters. The predicted octanol–water partition coefficient (Wildman–Crippen LogP) is 3.78. The molecule has 5 heteroatoms. The molecule has 0 saturated heterocycles. The summed E-state index contributed by atoms with van der Waals surface area (Å²) in [4.78, 5) is 3.97. The minimum absolute atomic E-state index is 0.0850. The Labute approximate surface area is 107 Å². The molecule has 0 spiro atoms. The van der Waals surface area contributed by atoms with Gasteiger partial charge >= 0.3 is 0 Å². The van der Waals surface area contributed by atoms with E-state index in [9.17, 15) is 8.78 Å². The predicted molar refractivity (Wildman–Crippen MR) is 70.9 cm³/mol. The summed E-state index contributed by atoms with van der Waals surface area (Å²) >= 11 is 0. The van der Waals surface area contributed by atoms with E-state index in [1.165, 1.54) is 0 Å². The maximum Gasteiger partial charge on any atom is 0.168 e. The Bertz CT molecular complexity index is 405. The van der Waals surface area contributed by atoms with Crippen molar-refractivity contribution >= 4 is 11.6 Å². The monoisotopic (exact) mass is 257 g/mol. The van der Waals surface area contributed by atoms with Gasteiger partial charge in [0.2, 0.25) is 0 Å². The SMILES string of the molecule is CCCNc1nc(NC(C)(C)CC)c(F)cc1F. The van der Waals surface area contributed by atoms with Gasteiger partial charge in [-0.3, -0.25) is 0 Å². The Morgan fingerprint density at radius 1 is 1.17 bits per heavy atom. The molecular formula is C13H21F2N3. The summed E-state index contributed by atoms with van der Waals surface area (Å²) in [7, 11) is 0. The molecule has 0 aliphatic heterocycles. The first kappa shape index (κ1) is 14.7. The lowest BCUT2D eigenvalue weighted by molar-refractivity contribution is 0.527. The average Bonchev–Trinajstić information content (AvgIpc) is 2.31. The maximum atomic E-state index is 13.6. The van der Waals surface area contributed by atoms with E-state index in [2.05, 4.69) is 15.6 Å². The Morgan fingerprint density at radius 3 is 2.33 bits per heavy atom. The molecule has 2 N–H and O–H groups in total. The van der Waals surface area contributed by atoms with Gasteiger partial charge in [0.25, 0.3) is 0 Å². The number of hydrogen-bond donors (Lipinski definition) is 2. The molecule has 0 amide bonds. The second kappa shape index (κ2) is 5.98. The molecule has 1 aromatic heterocycles. The van der Waals surface area contributed by atoms with E-state index in [1.807, 2.05) is 27.7 Å². The summed E-state index contributed by atoms with van der Waals surface area (Å²) in [5.74, 6) is -1.16.